The number of nitrogens with zero attached hydrogens (tertiary/aromatic N) is 1. The minimum absolute atomic E-state index is 0.159. The number of urea groups is 1. The number of hydrogen-bond donors (Lipinski definition) is 3. The molecule has 1 heterocycles. The number of amides is 4. The van der Waals surface area contributed by atoms with Crippen LogP contribution in [0.2, 0.25) is 0 Å². The highest BCUT2D eigenvalue weighted by Crippen LogP contribution is 2.32. The summed E-state index contributed by atoms with van der Waals surface area (Å²) in [5.41, 5.74) is 2.61. The van der Waals surface area contributed by atoms with E-state index in [4.69, 9.17) is 0 Å². The van der Waals surface area contributed by atoms with Crippen LogP contribution >= 0.6 is 0 Å². The molecule has 8 heteroatoms. The summed E-state index contributed by atoms with van der Waals surface area (Å²) in [6.07, 6.45) is 6.16. The van der Waals surface area contributed by atoms with E-state index in [1.54, 1.807) is 12.1 Å². The van der Waals surface area contributed by atoms with E-state index in [1.807, 2.05) is 0 Å². The lowest BCUT2D eigenvalue weighted by Crippen LogP contribution is -3.13. The minimum atomic E-state index is -0.847. The molecule has 0 bridgehead atoms. The van der Waals surface area contributed by atoms with Gasteiger partial charge in [0, 0.05) is 18.4 Å². The van der Waals surface area contributed by atoms with E-state index in [0.717, 1.165) is 47.6 Å². The third-order valence-electron chi connectivity index (χ3n) is 5.99. The van der Waals surface area contributed by atoms with Gasteiger partial charge in [-0.2, -0.15) is 5.01 Å². The molecule has 1 atom stereocenters. The second-order valence-corrected chi connectivity index (χ2v) is 8.16. The number of carbonyl (C=O) groups is 3. The summed E-state index contributed by atoms with van der Waals surface area (Å²) in [5.74, 6) is -0.998. The number of rotatable bonds is 6. The zero-order valence-corrected chi connectivity index (χ0v) is 15.8. The van der Waals surface area contributed by atoms with Crippen molar-refractivity contribution in [1.29, 1.82) is 0 Å². The molecule has 150 valence electrons. The second kappa shape index (κ2) is 7.50. The molecule has 2 aliphatic carbocycles. The molecule has 1 unspecified atom stereocenters. The molecule has 1 aliphatic heterocycles. The van der Waals surface area contributed by atoms with E-state index >= 15 is 0 Å². The van der Waals surface area contributed by atoms with Crippen molar-refractivity contribution in [2.75, 3.05) is 6.54 Å². The zero-order valence-electron chi connectivity index (χ0n) is 15.8. The quantitative estimate of drug-likeness (QED) is 0.625. The lowest BCUT2D eigenvalue weighted by molar-refractivity contribution is -0.917. The van der Waals surface area contributed by atoms with Crippen molar-refractivity contribution in [2.45, 2.75) is 63.1 Å². The SMILES string of the molecule is O=C(C[NH+](Cc1ccc(F)cc1)C1CC1)NN1C(=O)NC2(CCCCC2)C1=O. The van der Waals surface area contributed by atoms with Crippen molar-refractivity contribution in [3.05, 3.63) is 35.6 Å². The molecule has 28 heavy (non-hydrogen) atoms. The van der Waals surface area contributed by atoms with Gasteiger partial charge in [0.25, 0.3) is 11.8 Å². The highest BCUT2D eigenvalue weighted by Gasteiger charge is 2.52. The summed E-state index contributed by atoms with van der Waals surface area (Å²) < 4.78 is 13.1. The average Bonchev–Trinajstić information content (AvgIpc) is 3.49. The van der Waals surface area contributed by atoms with Crippen molar-refractivity contribution >= 4 is 17.8 Å². The number of hydrogen-bond acceptors (Lipinski definition) is 3. The van der Waals surface area contributed by atoms with Crippen LogP contribution in [0.1, 0.15) is 50.5 Å². The van der Waals surface area contributed by atoms with Crippen LogP contribution in [-0.2, 0) is 16.1 Å². The van der Waals surface area contributed by atoms with Gasteiger partial charge in [-0.25, -0.2) is 9.18 Å². The van der Waals surface area contributed by atoms with E-state index in [1.165, 1.54) is 12.1 Å². The van der Waals surface area contributed by atoms with Crippen molar-refractivity contribution in [1.82, 2.24) is 15.8 Å². The number of benzene rings is 1. The molecule has 4 rings (SSSR count). The van der Waals surface area contributed by atoms with Crippen molar-refractivity contribution in [3.8, 4) is 0 Å². The number of halogens is 1. The predicted molar refractivity (Wildman–Crippen MR) is 98.3 cm³/mol. The molecule has 3 fully saturated rings. The number of hydrazine groups is 1. The van der Waals surface area contributed by atoms with Gasteiger partial charge in [-0.3, -0.25) is 15.0 Å². The smallest absolute Gasteiger partial charge is 0.322 e. The Labute approximate surface area is 163 Å². The van der Waals surface area contributed by atoms with Crippen LogP contribution in [0.15, 0.2) is 24.3 Å². The van der Waals surface area contributed by atoms with Crippen LogP contribution in [-0.4, -0.2) is 41.0 Å². The fourth-order valence-corrected chi connectivity index (χ4v) is 4.29. The van der Waals surface area contributed by atoms with Gasteiger partial charge in [-0.05, 0) is 25.0 Å². The lowest BCUT2D eigenvalue weighted by Gasteiger charge is -2.30. The molecular weight excluding hydrogens is 363 g/mol. The maximum absolute atomic E-state index is 13.1. The van der Waals surface area contributed by atoms with Crippen LogP contribution in [0.5, 0.6) is 0 Å². The summed E-state index contributed by atoms with van der Waals surface area (Å²) >= 11 is 0. The Kier molecular flexibility index (Phi) is 5.05. The van der Waals surface area contributed by atoms with Crippen LogP contribution in [0.25, 0.3) is 0 Å². The molecule has 3 N–H and O–H groups in total. The fourth-order valence-electron chi connectivity index (χ4n) is 4.29. The first-order valence-corrected chi connectivity index (χ1v) is 10.0. The Morgan fingerprint density at radius 1 is 1.18 bits per heavy atom. The van der Waals surface area contributed by atoms with Gasteiger partial charge >= 0.3 is 6.03 Å². The van der Waals surface area contributed by atoms with Crippen LogP contribution in [0.3, 0.4) is 0 Å². The Morgan fingerprint density at radius 2 is 1.86 bits per heavy atom. The number of quaternary nitrogens is 1. The molecule has 1 aromatic rings. The molecule has 1 aromatic carbocycles. The van der Waals surface area contributed by atoms with E-state index in [2.05, 4.69) is 10.7 Å². The average molecular weight is 389 g/mol. The van der Waals surface area contributed by atoms with Gasteiger partial charge in [0.2, 0.25) is 0 Å². The summed E-state index contributed by atoms with van der Waals surface area (Å²) in [6.45, 7) is 0.758. The molecule has 1 saturated heterocycles. The van der Waals surface area contributed by atoms with Gasteiger partial charge < -0.3 is 10.2 Å². The van der Waals surface area contributed by atoms with E-state index in [0.29, 0.717) is 25.4 Å². The Hall–Kier alpha value is -2.48. The third-order valence-corrected chi connectivity index (χ3v) is 5.99. The fraction of sp³-hybridized carbons (Fsp3) is 0.550. The van der Waals surface area contributed by atoms with E-state index in [9.17, 15) is 18.8 Å². The third kappa shape index (κ3) is 3.87. The number of nitrogens with one attached hydrogen (secondary N) is 3. The highest BCUT2D eigenvalue weighted by atomic mass is 19.1. The first kappa shape index (κ1) is 18.9. The molecule has 1 spiro atoms. The molecule has 2 saturated carbocycles. The number of carbonyl (C=O) groups excluding carboxylic acids is 3. The van der Waals surface area contributed by atoms with Crippen molar-refractivity contribution in [3.63, 3.8) is 0 Å². The van der Waals surface area contributed by atoms with Gasteiger partial charge in [0.1, 0.15) is 17.9 Å². The van der Waals surface area contributed by atoms with Crippen LogP contribution in [0.4, 0.5) is 9.18 Å². The minimum Gasteiger partial charge on any atom is -0.322 e. The second-order valence-electron chi connectivity index (χ2n) is 8.16. The van der Waals surface area contributed by atoms with Gasteiger partial charge in [0.05, 0.1) is 6.04 Å². The molecule has 7 nitrogen and oxygen atoms in total. The molecule has 4 amide bonds. The summed E-state index contributed by atoms with van der Waals surface area (Å²) in [5, 5.41) is 3.65. The Balaban J connectivity index is 1.38. The Bertz CT molecular complexity index is 772. The first-order chi connectivity index (χ1) is 13.5. The first-order valence-electron chi connectivity index (χ1n) is 10.0. The molecular formula is C20H26FN4O3+. The highest BCUT2D eigenvalue weighted by molar-refractivity contribution is 6.08. The summed E-state index contributed by atoms with van der Waals surface area (Å²) in [6, 6.07) is 6.10. The van der Waals surface area contributed by atoms with Crippen LogP contribution in [0, 0.1) is 5.82 Å². The monoisotopic (exact) mass is 389 g/mol. The standard InChI is InChI=1S/C20H25FN4O3/c21-15-6-4-14(5-7-15)12-24(16-8-9-16)13-17(26)23-25-18(27)20(22-19(25)28)10-2-1-3-11-20/h4-7,16H,1-3,8-13H2,(H,22,28)(H,23,26)/p+1. The zero-order chi connectivity index (χ0) is 19.7. The largest absolute Gasteiger partial charge is 0.344 e. The molecule has 0 radical (unpaired) electrons. The predicted octanol–water partition coefficient (Wildman–Crippen LogP) is 0.659. The summed E-state index contributed by atoms with van der Waals surface area (Å²) in [4.78, 5) is 38.7. The van der Waals surface area contributed by atoms with Gasteiger partial charge in [-0.15, -0.1) is 0 Å². The summed E-state index contributed by atoms with van der Waals surface area (Å²) in [7, 11) is 0. The normalized spacial score (nSPS) is 22.2. The van der Waals surface area contributed by atoms with Crippen molar-refractivity contribution < 1.29 is 23.7 Å². The lowest BCUT2D eigenvalue weighted by atomic mass is 9.82. The van der Waals surface area contributed by atoms with E-state index in [-0.39, 0.29) is 24.2 Å². The van der Waals surface area contributed by atoms with Gasteiger partial charge in [0.15, 0.2) is 6.54 Å². The molecule has 3 aliphatic rings. The van der Waals surface area contributed by atoms with Crippen molar-refractivity contribution in [2.24, 2.45) is 0 Å². The topological polar surface area (TPSA) is 82.9 Å². The maximum atomic E-state index is 13.1. The van der Waals surface area contributed by atoms with Crippen LogP contribution < -0.4 is 15.6 Å². The van der Waals surface area contributed by atoms with Gasteiger partial charge in [-0.1, -0.05) is 31.4 Å². The number of imide groups is 1. The molecule has 0 aromatic heterocycles. The Morgan fingerprint density at radius 3 is 2.50 bits per heavy atom. The maximum Gasteiger partial charge on any atom is 0.344 e. The van der Waals surface area contributed by atoms with E-state index < -0.39 is 11.6 Å².